The van der Waals surface area contributed by atoms with E-state index in [1.54, 1.807) is 12.1 Å². The number of hydrogen-bond acceptors (Lipinski definition) is 2. The first-order valence-corrected chi connectivity index (χ1v) is 30.3. The van der Waals surface area contributed by atoms with E-state index in [4.69, 9.17) is 12.6 Å². The Morgan fingerprint density at radius 2 is 0.839 bits per heavy atom. The van der Waals surface area contributed by atoms with Gasteiger partial charge in [0.1, 0.15) is 35.4 Å². The van der Waals surface area contributed by atoms with E-state index in [0.717, 1.165) is 47.4 Å². The van der Waals surface area contributed by atoms with Gasteiger partial charge in [-0.2, -0.15) is 4.57 Å². The molecule has 12 heterocycles. The van der Waals surface area contributed by atoms with Crippen molar-refractivity contribution < 1.29 is 30.9 Å². The van der Waals surface area contributed by atoms with Crippen LogP contribution in [0.2, 0.25) is 0 Å². The maximum atomic E-state index is 8.14. The molecule has 11 nitrogen and oxygen atoms in total. The van der Waals surface area contributed by atoms with Crippen LogP contribution < -0.4 is 18.3 Å². The fraction of sp³-hybridized carbons (Fsp3) is 0.120. The van der Waals surface area contributed by atoms with Crippen LogP contribution in [0.5, 0.6) is 0 Å². The summed E-state index contributed by atoms with van der Waals surface area (Å²) in [4.78, 5) is 1.37. The molecule has 4 aliphatic rings. The molecule has 9 aromatic carbocycles. The third-order valence-corrected chi connectivity index (χ3v) is 19.8. The minimum absolute atomic E-state index is 0.209. The highest BCUT2D eigenvalue weighted by Gasteiger charge is 2.39. The van der Waals surface area contributed by atoms with E-state index in [1.807, 2.05) is 64.4 Å². The molecular weight excluding hydrogens is 1090 g/mol. The summed E-state index contributed by atoms with van der Waals surface area (Å²) in [6.45, 7) is -1.66. The van der Waals surface area contributed by atoms with Crippen molar-refractivity contribution in [3.05, 3.63) is 247 Å². The molecule has 0 saturated carbocycles. The number of imidazole rings is 4. The highest BCUT2D eigenvalue weighted by molar-refractivity contribution is 7.25. The Morgan fingerprint density at radius 1 is 0.391 bits per heavy atom. The van der Waals surface area contributed by atoms with E-state index in [9.17, 15) is 0 Å². The van der Waals surface area contributed by atoms with Crippen molar-refractivity contribution in [1.82, 2.24) is 27.4 Å². The van der Waals surface area contributed by atoms with Gasteiger partial charge in [0.15, 0.2) is 16.6 Å². The molecule has 12 heteroatoms. The van der Waals surface area contributed by atoms with Gasteiger partial charge in [-0.3, -0.25) is 4.57 Å². The zero-order valence-electron chi connectivity index (χ0n) is 54.0. The van der Waals surface area contributed by atoms with Crippen molar-refractivity contribution in [2.45, 2.75) is 26.2 Å². The van der Waals surface area contributed by atoms with Crippen LogP contribution in [0.1, 0.15) is 30.5 Å². The Kier molecular flexibility index (Phi) is 9.47. The summed E-state index contributed by atoms with van der Waals surface area (Å²) < 4.78 is 76.9. The normalized spacial score (nSPS) is 14.2. The predicted octanol–water partition coefficient (Wildman–Crippen LogP) is 14.4. The van der Waals surface area contributed by atoms with E-state index >= 15 is 0 Å². The van der Waals surface area contributed by atoms with Gasteiger partial charge in [-0.1, -0.05) is 151 Å². The molecule has 0 N–H and O–H groups in total. The van der Waals surface area contributed by atoms with Crippen LogP contribution in [0, 0.1) is 0 Å². The van der Waals surface area contributed by atoms with Crippen molar-refractivity contribution >= 4 is 98.1 Å². The highest BCUT2D eigenvalue weighted by atomic mass is 32.1. The van der Waals surface area contributed by atoms with Gasteiger partial charge in [-0.15, -0.1) is 0 Å². The number of rotatable bonds is 1. The van der Waals surface area contributed by atoms with Crippen molar-refractivity contribution in [1.29, 1.82) is 0 Å². The molecule has 0 atom stereocenters. The minimum atomic E-state index is -2.52. The van der Waals surface area contributed by atoms with Gasteiger partial charge in [0.25, 0.3) is 22.9 Å². The smallest absolute Gasteiger partial charge is 0.339 e. The maximum Gasteiger partial charge on any atom is 0.339 e. The molecule has 21 rings (SSSR count). The number of para-hydroxylation sites is 4. The van der Waals surface area contributed by atoms with Crippen LogP contribution in [0.15, 0.2) is 229 Å². The Labute approximate surface area is 513 Å². The van der Waals surface area contributed by atoms with Crippen LogP contribution in [0.4, 0.5) is 0 Å². The molecule has 0 aliphatic carbocycles. The van der Waals surface area contributed by atoms with E-state index < -0.39 is 14.0 Å². The number of aromatic nitrogens is 10. The average molecular weight is 1160 g/mol. The van der Waals surface area contributed by atoms with Crippen LogP contribution in [0.3, 0.4) is 0 Å². The summed E-state index contributed by atoms with van der Waals surface area (Å²) in [6, 6.07) is 77.3. The molecule has 0 unspecified atom stereocenters. The summed E-state index contributed by atoms with van der Waals surface area (Å²) in [5.74, 6) is 4.40. The Balaban J connectivity index is 0.0000000920. The average Bonchev–Trinajstić information content (AvgIpc) is 1.57. The maximum absolute atomic E-state index is 8.14. The number of thiophene rings is 1. The van der Waals surface area contributed by atoms with Gasteiger partial charge in [-0.05, 0) is 96.1 Å². The molecule has 0 spiro atoms. The van der Waals surface area contributed by atoms with E-state index in [2.05, 4.69) is 217 Å². The predicted molar refractivity (Wildman–Crippen MR) is 349 cm³/mol. The van der Waals surface area contributed by atoms with Crippen molar-refractivity contribution in [2.24, 2.45) is 35.1 Å². The first kappa shape index (κ1) is 44.0. The first-order valence-electron chi connectivity index (χ1n) is 32.5. The minimum Gasteiger partial charge on any atom is -0.419 e. The molecule has 17 aromatic rings. The van der Waals surface area contributed by atoms with Crippen LogP contribution in [-0.2, 0) is 61.3 Å². The summed E-state index contributed by atoms with van der Waals surface area (Å²) in [7, 11) is 6.46. The van der Waals surface area contributed by atoms with Gasteiger partial charge in [0.2, 0.25) is 22.0 Å². The molecule has 0 bridgehead atoms. The molecule has 0 amide bonds. The lowest BCUT2D eigenvalue weighted by molar-refractivity contribution is -0.640. The molecule has 4 aliphatic heterocycles. The summed E-state index contributed by atoms with van der Waals surface area (Å²) in [6.07, 6.45) is 0. The molecule has 0 fully saturated rings. The third-order valence-electron chi connectivity index (χ3n) is 18.5. The van der Waals surface area contributed by atoms with Gasteiger partial charge in [0, 0.05) is 21.2 Å². The molecule has 0 radical (unpaired) electrons. The molecule has 8 aromatic heterocycles. The van der Waals surface area contributed by atoms with Crippen LogP contribution in [0.25, 0.3) is 138 Å². The second-order valence-electron chi connectivity index (χ2n) is 23.2. The van der Waals surface area contributed by atoms with Gasteiger partial charge < -0.3 is 4.42 Å². The molecule has 418 valence electrons. The monoisotopic (exact) mass is 1150 g/mol. The Hall–Kier alpha value is -10.6. The zero-order chi connectivity index (χ0) is 62.9. The number of nitrogens with zero attached hydrogens (tertiary/aromatic N) is 10. The molecule has 0 saturated heterocycles. The SMILES string of the molecule is C[n+]1c2n(c3c4ccccc4n(-c4ccccc4)c31)Cc1ccccc1-2.C[n+]1c2n(c3c4ccccc4oc31)Cc1ccccc1-2.C[n+]1c2n(c3c4ccccc4sc31)Cc1ccccc1-2.[2H]C([2H])([2H])n1c2ccccc2c2c1[n+](C([2H])([2H])[2H])c1n2Cc2ccccc2-1. The third kappa shape index (κ3) is 6.98. The van der Waals surface area contributed by atoms with Gasteiger partial charge in [-0.25, -0.2) is 36.5 Å². The molecule has 87 heavy (non-hydrogen) atoms. The fourth-order valence-corrected chi connectivity index (χ4v) is 16.0. The molecular formula is C75H60N10OS+4. The zero-order valence-corrected chi connectivity index (χ0v) is 48.8. The van der Waals surface area contributed by atoms with Gasteiger partial charge in [0.05, 0.1) is 94.8 Å². The Morgan fingerprint density at radius 3 is 1.45 bits per heavy atom. The lowest BCUT2D eigenvalue weighted by Crippen LogP contribution is -2.31. The lowest BCUT2D eigenvalue weighted by atomic mass is 10.1. The standard InChI is InChI=1S/C23H18N3.C18H16N3.C17H13N2O.C17H13N2S/c1-24-22-18-12-6-5-9-16(18)15-25(22)21-19-13-7-8-14-20(19)26(23(21)24)17-10-3-2-4-11-17;1-19-15-10-6-5-9-14(15)16-18(19)20(2)17-13-8-4-3-7-12(13)11-21(16)17;2*1-18-16-12-7-3-2-6-11(12)10-19(16)15-13-8-4-5-9-14(13)20-17(15)18/h2-14H,15H2,1H3;3-10H,11H2,1-2H3;2*2-9H,10H2,1H3/q4*+1/i;1D3,2D3;;. The topological polar surface area (TPSA) is 58.2 Å². The number of aryl methyl sites for hydroxylation is 5. The number of hydrogen-bond donors (Lipinski definition) is 0. The summed E-state index contributed by atoms with van der Waals surface area (Å²) in [5, 5.41) is 4.61. The van der Waals surface area contributed by atoms with Crippen molar-refractivity contribution in [2.75, 3.05) is 0 Å². The van der Waals surface area contributed by atoms with Crippen LogP contribution >= 0.6 is 11.3 Å². The van der Waals surface area contributed by atoms with E-state index in [1.165, 1.54) is 119 Å². The van der Waals surface area contributed by atoms with E-state index in [-0.39, 0.29) is 5.65 Å². The number of fused-ring (bicyclic) bond motifs is 28. The first-order chi connectivity index (χ1) is 45.2. The van der Waals surface area contributed by atoms with Crippen molar-refractivity contribution in [3.63, 3.8) is 0 Å². The Bertz CT molecular complexity index is 5820. The second kappa shape index (κ2) is 18.7. The second-order valence-corrected chi connectivity index (χ2v) is 24.2. The summed E-state index contributed by atoms with van der Waals surface area (Å²) in [5.41, 5.74) is 21.0. The van der Waals surface area contributed by atoms with E-state index in [0.29, 0.717) is 23.4 Å². The number of benzene rings is 9. The number of furan rings is 1. The van der Waals surface area contributed by atoms with Gasteiger partial charge >= 0.3 is 5.71 Å². The van der Waals surface area contributed by atoms with Crippen molar-refractivity contribution in [3.8, 4) is 51.2 Å². The lowest BCUT2D eigenvalue weighted by Gasteiger charge is -2.03. The quantitative estimate of drug-likeness (QED) is 0.151. The summed E-state index contributed by atoms with van der Waals surface area (Å²) >= 11 is 1.89. The fourth-order valence-electron chi connectivity index (χ4n) is 14.8. The van der Waals surface area contributed by atoms with Crippen LogP contribution in [-0.4, -0.2) is 27.4 Å². The largest absolute Gasteiger partial charge is 0.419 e. The highest BCUT2D eigenvalue weighted by Crippen LogP contribution is 2.43.